The number of ether oxygens (including phenoxy) is 4. The number of esters is 1. The van der Waals surface area contributed by atoms with Crippen molar-refractivity contribution in [1.29, 1.82) is 0 Å². The molecule has 0 radical (unpaired) electrons. The van der Waals surface area contributed by atoms with Crippen LogP contribution in [0.15, 0.2) is 0 Å². The van der Waals surface area contributed by atoms with Crippen molar-refractivity contribution in [3.63, 3.8) is 0 Å². The summed E-state index contributed by atoms with van der Waals surface area (Å²) in [5.74, 6) is 0.141. The highest BCUT2D eigenvalue weighted by molar-refractivity contribution is 5.69. The van der Waals surface area contributed by atoms with Crippen LogP contribution in [-0.4, -0.2) is 74.9 Å². The minimum Gasteiger partial charge on any atom is -0.462 e. The van der Waals surface area contributed by atoms with Gasteiger partial charge in [-0.05, 0) is 51.1 Å². The standard InChI is InChI=1S/C35H68N2O6/c1-6-10-12-14-16-18-24-40-34(41-25-19-17-15-13-11-7-2)22-21-33(38)43-32-28-30(5)27-31(29-32)36-35(39)42-26-20-23-37(8-3)9-4/h30-32,34H,6-29H2,1-5H3,(H,36,39). The second-order valence-corrected chi connectivity index (χ2v) is 12.5. The van der Waals surface area contributed by atoms with Crippen LogP contribution >= 0.6 is 0 Å². The van der Waals surface area contributed by atoms with E-state index in [4.69, 9.17) is 18.9 Å². The lowest BCUT2D eigenvalue weighted by atomic mass is 9.85. The quantitative estimate of drug-likeness (QED) is 0.0566. The molecule has 1 amide bonds. The van der Waals surface area contributed by atoms with E-state index in [0.717, 1.165) is 51.7 Å². The SMILES string of the molecule is CCCCCCCCOC(CCC(=O)OC1CC(C)CC(NC(=O)OCCCN(CC)CC)C1)OCCCCCCCC. The first-order valence-electron chi connectivity index (χ1n) is 18.0. The van der Waals surface area contributed by atoms with Gasteiger partial charge in [-0.15, -0.1) is 0 Å². The zero-order valence-corrected chi connectivity index (χ0v) is 28.7. The van der Waals surface area contributed by atoms with Gasteiger partial charge in [-0.3, -0.25) is 4.79 Å². The maximum atomic E-state index is 12.8. The van der Waals surface area contributed by atoms with Crippen molar-refractivity contribution in [3.8, 4) is 0 Å². The van der Waals surface area contributed by atoms with Crippen molar-refractivity contribution in [2.75, 3.05) is 39.5 Å². The zero-order valence-electron chi connectivity index (χ0n) is 28.7. The van der Waals surface area contributed by atoms with E-state index in [-0.39, 0.29) is 36.9 Å². The first kappa shape index (κ1) is 39.6. The molecule has 1 aliphatic rings. The normalized spacial score (nSPS) is 18.7. The molecule has 254 valence electrons. The third-order valence-corrected chi connectivity index (χ3v) is 8.45. The van der Waals surface area contributed by atoms with Gasteiger partial charge in [0.1, 0.15) is 6.10 Å². The predicted octanol–water partition coefficient (Wildman–Crippen LogP) is 8.41. The van der Waals surface area contributed by atoms with Gasteiger partial charge in [0, 0.05) is 38.6 Å². The van der Waals surface area contributed by atoms with Crippen LogP contribution < -0.4 is 5.32 Å². The Bertz CT molecular complexity index is 657. The average Bonchev–Trinajstić information content (AvgIpc) is 2.98. The zero-order chi connectivity index (χ0) is 31.5. The molecule has 1 aliphatic carbocycles. The summed E-state index contributed by atoms with van der Waals surface area (Å²) in [5.41, 5.74) is 0. The number of carbonyl (C=O) groups is 2. The molecule has 0 saturated heterocycles. The van der Waals surface area contributed by atoms with E-state index < -0.39 is 0 Å². The second kappa shape index (κ2) is 27.0. The number of unbranched alkanes of at least 4 members (excludes halogenated alkanes) is 10. The first-order valence-corrected chi connectivity index (χ1v) is 18.0. The van der Waals surface area contributed by atoms with Gasteiger partial charge >= 0.3 is 12.1 Å². The van der Waals surface area contributed by atoms with Gasteiger partial charge in [-0.2, -0.15) is 0 Å². The summed E-state index contributed by atoms with van der Waals surface area (Å²) in [6.07, 6.45) is 17.5. The van der Waals surface area contributed by atoms with Crippen LogP contribution in [0.25, 0.3) is 0 Å². The molecule has 3 atom stereocenters. The van der Waals surface area contributed by atoms with Crippen molar-refractivity contribution in [2.24, 2.45) is 5.92 Å². The summed E-state index contributed by atoms with van der Waals surface area (Å²) in [5, 5.41) is 3.00. The van der Waals surface area contributed by atoms with E-state index in [9.17, 15) is 9.59 Å². The van der Waals surface area contributed by atoms with Crippen LogP contribution in [0, 0.1) is 5.92 Å². The second-order valence-electron chi connectivity index (χ2n) is 12.5. The van der Waals surface area contributed by atoms with E-state index >= 15 is 0 Å². The Kier molecular flexibility index (Phi) is 24.9. The Morgan fingerprint density at radius 2 is 1.33 bits per heavy atom. The number of carbonyl (C=O) groups excluding carboxylic acids is 2. The number of alkyl carbamates (subject to hydrolysis) is 1. The molecule has 0 aromatic rings. The monoisotopic (exact) mass is 613 g/mol. The summed E-state index contributed by atoms with van der Waals surface area (Å²) in [7, 11) is 0. The Morgan fingerprint density at radius 1 is 0.744 bits per heavy atom. The minimum absolute atomic E-state index is 0.0501. The van der Waals surface area contributed by atoms with Crippen LogP contribution in [0.2, 0.25) is 0 Å². The van der Waals surface area contributed by atoms with Crippen LogP contribution in [0.4, 0.5) is 4.79 Å². The Balaban J connectivity index is 2.41. The van der Waals surface area contributed by atoms with Crippen molar-refractivity contribution >= 4 is 12.1 Å². The van der Waals surface area contributed by atoms with Gasteiger partial charge in [-0.25, -0.2) is 4.79 Å². The van der Waals surface area contributed by atoms with Crippen LogP contribution in [0.5, 0.6) is 0 Å². The van der Waals surface area contributed by atoms with Gasteiger partial charge in [0.2, 0.25) is 0 Å². The van der Waals surface area contributed by atoms with E-state index in [2.05, 4.69) is 44.8 Å². The molecule has 1 saturated carbocycles. The lowest BCUT2D eigenvalue weighted by Crippen LogP contribution is -2.43. The van der Waals surface area contributed by atoms with Gasteiger partial charge in [0.25, 0.3) is 0 Å². The van der Waals surface area contributed by atoms with E-state index in [1.165, 1.54) is 64.2 Å². The fourth-order valence-electron chi connectivity index (χ4n) is 5.85. The number of hydrogen-bond donors (Lipinski definition) is 1. The Hall–Kier alpha value is -1.38. The molecule has 0 heterocycles. The number of nitrogens with zero attached hydrogens (tertiary/aromatic N) is 1. The van der Waals surface area contributed by atoms with Crippen LogP contribution in [0.3, 0.4) is 0 Å². The number of nitrogens with one attached hydrogen (secondary N) is 1. The number of amides is 1. The maximum Gasteiger partial charge on any atom is 0.407 e. The molecule has 43 heavy (non-hydrogen) atoms. The fourth-order valence-corrected chi connectivity index (χ4v) is 5.85. The van der Waals surface area contributed by atoms with Crippen molar-refractivity contribution in [2.45, 2.75) is 169 Å². The summed E-state index contributed by atoms with van der Waals surface area (Å²) in [6.45, 7) is 15.6. The van der Waals surface area contributed by atoms with E-state index in [1.54, 1.807) is 0 Å². The fraction of sp³-hybridized carbons (Fsp3) is 0.943. The number of hydrogen-bond acceptors (Lipinski definition) is 7. The molecular weight excluding hydrogens is 544 g/mol. The summed E-state index contributed by atoms with van der Waals surface area (Å²) >= 11 is 0. The van der Waals surface area contributed by atoms with Crippen LogP contribution in [-0.2, 0) is 23.7 Å². The first-order chi connectivity index (χ1) is 20.9. The lowest BCUT2D eigenvalue weighted by Gasteiger charge is -2.33. The molecule has 0 aromatic carbocycles. The lowest BCUT2D eigenvalue weighted by molar-refractivity contribution is -0.164. The molecule has 1 N–H and O–H groups in total. The molecule has 3 unspecified atom stereocenters. The largest absolute Gasteiger partial charge is 0.462 e. The van der Waals surface area contributed by atoms with Crippen LogP contribution in [0.1, 0.15) is 150 Å². The van der Waals surface area contributed by atoms with Gasteiger partial charge < -0.3 is 29.2 Å². The molecule has 0 spiro atoms. The van der Waals surface area contributed by atoms with E-state index in [0.29, 0.717) is 38.6 Å². The highest BCUT2D eigenvalue weighted by Crippen LogP contribution is 2.27. The summed E-state index contributed by atoms with van der Waals surface area (Å²) in [6, 6.07) is -0.0501. The number of rotatable bonds is 27. The molecule has 0 aromatic heterocycles. The summed E-state index contributed by atoms with van der Waals surface area (Å²) in [4.78, 5) is 27.5. The molecule has 8 nitrogen and oxygen atoms in total. The summed E-state index contributed by atoms with van der Waals surface area (Å²) < 4.78 is 23.5. The van der Waals surface area contributed by atoms with Crippen molar-refractivity contribution in [3.05, 3.63) is 0 Å². The molecule has 0 bridgehead atoms. The highest BCUT2D eigenvalue weighted by atomic mass is 16.7. The van der Waals surface area contributed by atoms with Gasteiger partial charge in [0.05, 0.1) is 13.0 Å². The predicted molar refractivity (Wildman–Crippen MR) is 175 cm³/mol. The van der Waals surface area contributed by atoms with Crippen molar-refractivity contribution < 1.29 is 28.5 Å². The van der Waals surface area contributed by atoms with E-state index in [1.807, 2.05) is 0 Å². The topological polar surface area (TPSA) is 86.3 Å². The smallest absolute Gasteiger partial charge is 0.407 e. The molecule has 1 rings (SSSR count). The molecule has 1 fully saturated rings. The third kappa shape index (κ3) is 21.9. The molecular formula is C35H68N2O6. The average molecular weight is 613 g/mol. The van der Waals surface area contributed by atoms with Crippen molar-refractivity contribution in [1.82, 2.24) is 10.2 Å². The maximum absolute atomic E-state index is 12.8. The Morgan fingerprint density at radius 3 is 1.91 bits per heavy atom. The van der Waals surface area contributed by atoms with Gasteiger partial charge in [0.15, 0.2) is 6.29 Å². The minimum atomic E-state index is -0.378. The molecule has 0 aliphatic heterocycles. The third-order valence-electron chi connectivity index (χ3n) is 8.45. The van der Waals surface area contributed by atoms with Gasteiger partial charge in [-0.1, -0.05) is 98.8 Å². The Labute approximate surface area is 264 Å². The highest BCUT2D eigenvalue weighted by Gasteiger charge is 2.30. The molecule has 8 heteroatoms.